The Morgan fingerprint density at radius 1 is 1.12 bits per heavy atom. The highest BCUT2D eigenvalue weighted by molar-refractivity contribution is 6.05. The molecule has 0 N–H and O–H groups in total. The molecule has 2 heterocycles. The Morgan fingerprint density at radius 3 is 2.53 bits per heavy atom. The highest BCUT2D eigenvalue weighted by atomic mass is 16.5. The van der Waals surface area contributed by atoms with E-state index in [-0.39, 0.29) is 12.2 Å². The van der Waals surface area contributed by atoms with Crippen LogP contribution in [0.4, 0.5) is 0 Å². The van der Waals surface area contributed by atoms with Gasteiger partial charge in [-0.15, -0.1) is 0 Å². The van der Waals surface area contributed by atoms with Crippen molar-refractivity contribution in [1.82, 2.24) is 0 Å². The second-order valence-corrected chi connectivity index (χ2v) is 9.32. The van der Waals surface area contributed by atoms with E-state index in [4.69, 9.17) is 23.7 Å². The third-order valence-corrected chi connectivity index (χ3v) is 6.14. The molecule has 0 unspecified atom stereocenters. The average molecular weight is 465 g/mol. The van der Waals surface area contributed by atoms with E-state index in [1.807, 2.05) is 38.1 Å². The highest BCUT2D eigenvalue weighted by Crippen LogP contribution is 2.52. The summed E-state index contributed by atoms with van der Waals surface area (Å²) in [5.41, 5.74) is 3.68. The number of fused-ring (bicyclic) bond motifs is 2. The monoisotopic (exact) mass is 464 g/mol. The fourth-order valence-corrected chi connectivity index (χ4v) is 4.41. The van der Waals surface area contributed by atoms with E-state index in [1.165, 1.54) is 5.57 Å². The smallest absolute Gasteiger partial charge is 0.176 e. The van der Waals surface area contributed by atoms with E-state index in [9.17, 15) is 4.79 Å². The van der Waals surface area contributed by atoms with Crippen LogP contribution in [0.5, 0.6) is 28.7 Å². The number of allylic oxidation sites excluding steroid dienone is 2. The SMILES string of the molecule is COc1ccc([C@@H]2CC(=O)c3c(c(CC=C(C)C)c4c(c3OC)OC(C)(C)C=C4)O2)c(OC)c1. The summed E-state index contributed by atoms with van der Waals surface area (Å²) in [4.78, 5) is 13.6. The third-order valence-electron chi connectivity index (χ3n) is 6.14. The van der Waals surface area contributed by atoms with Crippen LogP contribution in [0.15, 0.2) is 35.9 Å². The summed E-state index contributed by atoms with van der Waals surface area (Å²) < 4.78 is 29.6. The second kappa shape index (κ2) is 9.09. The van der Waals surface area contributed by atoms with Gasteiger partial charge < -0.3 is 23.7 Å². The standard InChI is InChI=1S/C28H32O6/c1-16(2)8-10-18-19-12-13-28(3,4)34-26(19)27(32-7)24-21(29)15-23(33-25(18)24)20-11-9-17(30-5)14-22(20)31-6/h8-9,11-14,23H,10,15H2,1-7H3/t23-/m0/s1. The molecule has 2 aliphatic rings. The van der Waals surface area contributed by atoms with Gasteiger partial charge in [-0.05, 0) is 52.3 Å². The molecule has 0 saturated heterocycles. The van der Waals surface area contributed by atoms with E-state index in [0.29, 0.717) is 40.7 Å². The zero-order valence-electron chi connectivity index (χ0n) is 20.9. The van der Waals surface area contributed by atoms with E-state index in [0.717, 1.165) is 16.7 Å². The highest BCUT2D eigenvalue weighted by Gasteiger charge is 2.39. The number of Topliss-reactive ketones (excluding diaryl/α,β-unsaturated/α-hetero) is 1. The van der Waals surface area contributed by atoms with Crippen LogP contribution in [0.1, 0.15) is 67.3 Å². The Morgan fingerprint density at radius 2 is 1.88 bits per heavy atom. The summed E-state index contributed by atoms with van der Waals surface area (Å²) in [5, 5.41) is 0. The van der Waals surface area contributed by atoms with E-state index in [1.54, 1.807) is 27.4 Å². The number of hydrogen-bond donors (Lipinski definition) is 0. The molecule has 1 atom stereocenters. The van der Waals surface area contributed by atoms with Gasteiger partial charge in [0.2, 0.25) is 0 Å². The van der Waals surface area contributed by atoms with Crippen LogP contribution in [0, 0.1) is 0 Å². The van der Waals surface area contributed by atoms with Crippen LogP contribution in [-0.4, -0.2) is 32.7 Å². The molecule has 0 spiro atoms. The van der Waals surface area contributed by atoms with E-state index >= 15 is 0 Å². The third kappa shape index (κ3) is 4.25. The molecule has 0 aromatic heterocycles. The van der Waals surface area contributed by atoms with Gasteiger partial charge >= 0.3 is 0 Å². The molecule has 0 aliphatic carbocycles. The molecule has 0 bridgehead atoms. The molecule has 2 aliphatic heterocycles. The maximum absolute atomic E-state index is 13.6. The average Bonchev–Trinajstić information content (AvgIpc) is 2.80. The predicted octanol–water partition coefficient (Wildman–Crippen LogP) is 6.11. The first kappa shape index (κ1) is 23.7. The first-order valence-electron chi connectivity index (χ1n) is 11.4. The molecule has 0 amide bonds. The molecule has 4 rings (SSSR count). The first-order valence-corrected chi connectivity index (χ1v) is 11.4. The normalized spacial score (nSPS) is 17.6. The van der Waals surface area contributed by atoms with Crippen LogP contribution >= 0.6 is 0 Å². The van der Waals surface area contributed by atoms with Gasteiger partial charge in [0.25, 0.3) is 0 Å². The molecule has 0 fully saturated rings. The van der Waals surface area contributed by atoms with Gasteiger partial charge in [-0.25, -0.2) is 0 Å². The molecule has 6 nitrogen and oxygen atoms in total. The largest absolute Gasteiger partial charge is 0.497 e. The first-order chi connectivity index (χ1) is 16.2. The summed E-state index contributed by atoms with van der Waals surface area (Å²) >= 11 is 0. The molecule has 2 aromatic rings. The van der Waals surface area contributed by atoms with Gasteiger partial charge in [0.15, 0.2) is 17.3 Å². The summed E-state index contributed by atoms with van der Waals surface area (Å²) in [6, 6.07) is 5.53. The lowest BCUT2D eigenvalue weighted by atomic mass is 9.87. The Balaban J connectivity index is 1.91. The number of benzene rings is 2. The van der Waals surface area contributed by atoms with Crippen molar-refractivity contribution in [2.75, 3.05) is 21.3 Å². The minimum atomic E-state index is -0.514. The van der Waals surface area contributed by atoms with Gasteiger partial charge in [0, 0.05) is 22.8 Å². The lowest BCUT2D eigenvalue weighted by Gasteiger charge is -2.35. The van der Waals surface area contributed by atoms with Gasteiger partial charge in [-0.2, -0.15) is 0 Å². The lowest BCUT2D eigenvalue weighted by Crippen LogP contribution is -2.30. The van der Waals surface area contributed by atoms with Gasteiger partial charge in [-0.1, -0.05) is 17.7 Å². The summed E-state index contributed by atoms with van der Waals surface area (Å²) in [5.74, 6) is 2.78. The van der Waals surface area contributed by atoms with Crippen molar-refractivity contribution in [3.63, 3.8) is 0 Å². The van der Waals surface area contributed by atoms with Crippen LogP contribution in [0.2, 0.25) is 0 Å². The van der Waals surface area contributed by atoms with Crippen LogP contribution in [-0.2, 0) is 6.42 Å². The van der Waals surface area contributed by atoms with Crippen LogP contribution in [0.25, 0.3) is 6.08 Å². The van der Waals surface area contributed by atoms with Crippen molar-refractivity contribution < 1.29 is 28.5 Å². The van der Waals surface area contributed by atoms with Gasteiger partial charge in [-0.3, -0.25) is 4.79 Å². The molecule has 2 aromatic carbocycles. The van der Waals surface area contributed by atoms with E-state index in [2.05, 4.69) is 19.9 Å². The zero-order chi connectivity index (χ0) is 24.6. The zero-order valence-corrected chi connectivity index (χ0v) is 20.9. The maximum Gasteiger partial charge on any atom is 0.176 e. The molecular weight excluding hydrogens is 432 g/mol. The topological polar surface area (TPSA) is 63.2 Å². The van der Waals surface area contributed by atoms with Crippen molar-refractivity contribution >= 4 is 11.9 Å². The predicted molar refractivity (Wildman–Crippen MR) is 132 cm³/mol. The summed E-state index contributed by atoms with van der Waals surface area (Å²) in [6.07, 6.45) is 6.44. The lowest BCUT2D eigenvalue weighted by molar-refractivity contribution is 0.0832. The van der Waals surface area contributed by atoms with Crippen molar-refractivity contribution in [3.8, 4) is 28.7 Å². The summed E-state index contributed by atoms with van der Waals surface area (Å²) in [6.45, 7) is 8.06. The molecule has 34 heavy (non-hydrogen) atoms. The number of hydrogen-bond acceptors (Lipinski definition) is 6. The number of carbonyl (C=O) groups is 1. The molecule has 0 saturated carbocycles. The van der Waals surface area contributed by atoms with Crippen molar-refractivity contribution in [3.05, 3.63) is 58.2 Å². The Bertz CT molecular complexity index is 1180. The number of rotatable bonds is 6. The van der Waals surface area contributed by atoms with Crippen LogP contribution < -0.4 is 23.7 Å². The fourth-order valence-electron chi connectivity index (χ4n) is 4.41. The van der Waals surface area contributed by atoms with Gasteiger partial charge in [0.1, 0.15) is 34.5 Å². The van der Waals surface area contributed by atoms with Gasteiger partial charge in [0.05, 0.1) is 27.8 Å². The Hall–Kier alpha value is -3.41. The van der Waals surface area contributed by atoms with E-state index < -0.39 is 11.7 Å². The molecule has 6 heteroatoms. The minimum absolute atomic E-state index is 0.0572. The Labute approximate surface area is 201 Å². The minimum Gasteiger partial charge on any atom is -0.497 e. The number of methoxy groups -OCH3 is 3. The molecular formula is C28H32O6. The maximum atomic E-state index is 13.6. The van der Waals surface area contributed by atoms with Crippen LogP contribution in [0.3, 0.4) is 0 Å². The second-order valence-electron chi connectivity index (χ2n) is 9.32. The van der Waals surface area contributed by atoms with Crippen molar-refractivity contribution in [2.45, 2.75) is 52.2 Å². The molecule has 0 radical (unpaired) electrons. The van der Waals surface area contributed by atoms with Crippen molar-refractivity contribution in [1.29, 1.82) is 0 Å². The molecule has 180 valence electrons. The summed E-state index contributed by atoms with van der Waals surface area (Å²) in [7, 11) is 4.76. The number of ether oxygens (including phenoxy) is 5. The number of ketones is 1. The quantitative estimate of drug-likeness (QED) is 0.481. The fraction of sp³-hybridized carbons (Fsp3) is 0.393. The Kier molecular flexibility index (Phi) is 6.34. The number of carbonyl (C=O) groups excluding carboxylic acids is 1. The van der Waals surface area contributed by atoms with Crippen molar-refractivity contribution in [2.24, 2.45) is 0 Å².